The van der Waals surface area contributed by atoms with Gasteiger partial charge in [0.15, 0.2) is 5.17 Å². The first-order valence-corrected chi connectivity index (χ1v) is 7.12. The van der Waals surface area contributed by atoms with Crippen LogP contribution < -0.4 is 5.32 Å². The third-order valence-electron chi connectivity index (χ3n) is 2.92. The van der Waals surface area contributed by atoms with Gasteiger partial charge in [-0.25, -0.2) is 0 Å². The summed E-state index contributed by atoms with van der Waals surface area (Å²) in [6.45, 7) is 2.08. The van der Waals surface area contributed by atoms with E-state index in [0.29, 0.717) is 11.7 Å². The monoisotopic (exact) mass is 288 g/mol. The minimum Gasteiger partial charge on any atom is -0.335 e. The van der Waals surface area contributed by atoms with Gasteiger partial charge in [-0.05, 0) is 37.1 Å². The van der Waals surface area contributed by atoms with Gasteiger partial charge >= 0.3 is 6.18 Å². The highest BCUT2D eigenvalue weighted by Gasteiger charge is 2.30. The largest absolute Gasteiger partial charge is 0.416 e. The molecule has 1 aromatic rings. The van der Waals surface area contributed by atoms with Gasteiger partial charge < -0.3 is 5.32 Å². The summed E-state index contributed by atoms with van der Waals surface area (Å²) in [5.74, 6) is 0.991. The standard InChI is InChI=1S/C13H15F3N2S/c1-2-10-7-8-19-12(17-10)18-11-5-3-9(4-6-11)13(14,15)16/h3-6,10H,2,7-8H2,1H3,(H,17,18). The van der Waals surface area contributed by atoms with E-state index in [9.17, 15) is 13.2 Å². The lowest BCUT2D eigenvalue weighted by Gasteiger charge is -2.19. The Balaban J connectivity index is 2.06. The first-order chi connectivity index (χ1) is 8.99. The minimum absolute atomic E-state index is 0.318. The Labute approximate surface area is 114 Å². The Bertz CT molecular complexity index is 454. The van der Waals surface area contributed by atoms with E-state index in [0.717, 1.165) is 35.9 Å². The topological polar surface area (TPSA) is 24.4 Å². The Kier molecular flexibility index (Phi) is 4.39. The molecule has 0 aliphatic carbocycles. The number of rotatable bonds is 2. The highest BCUT2D eigenvalue weighted by atomic mass is 32.2. The maximum absolute atomic E-state index is 12.4. The lowest BCUT2D eigenvalue weighted by molar-refractivity contribution is -0.137. The second-order valence-electron chi connectivity index (χ2n) is 4.33. The van der Waals surface area contributed by atoms with Gasteiger partial charge in [0.2, 0.25) is 0 Å². The van der Waals surface area contributed by atoms with Crippen LogP contribution in [0.2, 0.25) is 0 Å². The predicted octanol–water partition coefficient (Wildman–Crippen LogP) is 4.39. The van der Waals surface area contributed by atoms with Gasteiger partial charge in [0.1, 0.15) is 0 Å². The van der Waals surface area contributed by atoms with Gasteiger partial charge in [0.25, 0.3) is 0 Å². The van der Waals surface area contributed by atoms with Crippen LogP contribution in [0.4, 0.5) is 18.9 Å². The van der Waals surface area contributed by atoms with E-state index in [1.807, 2.05) is 0 Å². The number of halogens is 3. The predicted molar refractivity (Wildman–Crippen MR) is 73.7 cm³/mol. The van der Waals surface area contributed by atoms with E-state index >= 15 is 0 Å². The summed E-state index contributed by atoms with van der Waals surface area (Å²) in [6.07, 6.45) is -2.25. The van der Waals surface area contributed by atoms with Gasteiger partial charge in [-0.3, -0.25) is 4.99 Å². The molecule has 1 heterocycles. The molecule has 0 bridgehead atoms. The first-order valence-electron chi connectivity index (χ1n) is 6.14. The summed E-state index contributed by atoms with van der Waals surface area (Å²) in [4.78, 5) is 4.51. The summed E-state index contributed by atoms with van der Waals surface area (Å²) in [5, 5.41) is 3.86. The fraction of sp³-hybridized carbons (Fsp3) is 0.462. The van der Waals surface area contributed by atoms with Crippen molar-refractivity contribution in [2.75, 3.05) is 11.1 Å². The van der Waals surface area contributed by atoms with Crippen LogP contribution in [0, 0.1) is 0 Å². The Morgan fingerprint density at radius 1 is 1.32 bits per heavy atom. The third-order valence-corrected chi connectivity index (χ3v) is 3.85. The second-order valence-corrected chi connectivity index (χ2v) is 5.42. The van der Waals surface area contributed by atoms with Crippen molar-refractivity contribution in [2.24, 2.45) is 4.99 Å². The van der Waals surface area contributed by atoms with Crippen molar-refractivity contribution in [3.05, 3.63) is 29.8 Å². The van der Waals surface area contributed by atoms with E-state index in [2.05, 4.69) is 17.2 Å². The molecule has 19 heavy (non-hydrogen) atoms. The number of aliphatic imine (C=N–C) groups is 1. The van der Waals surface area contributed by atoms with Crippen molar-refractivity contribution in [3.8, 4) is 0 Å². The maximum Gasteiger partial charge on any atom is 0.416 e. The summed E-state index contributed by atoms with van der Waals surface area (Å²) in [5.41, 5.74) is -0.00118. The molecular formula is C13H15F3N2S. The zero-order chi connectivity index (χ0) is 13.9. The van der Waals surface area contributed by atoms with Crippen LogP contribution in [-0.4, -0.2) is 17.0 Å². The third kappa shape index (κ3) is 3.89. The van der Waals surface area contributed by atoms with Crippen LogP contribution in [0.25, 0.3) is 0 Å². The molecule has 0 fully saturated rings. The average molecular weight is 288 g/mol. The fourth-order valence-corrected chi connectivity index (χ4v) is 2.79. The highest BCUT2D eigenvalue weighted by Crippen LogP contribution is 2.30. The Hall–Kier alpha value is -1.17. The van der Waals surface area contributed by atoms with Gasteiger partial charge in [-0.2, -0.15) is 13.2 Å². The molecule has 104 valence electrons. The molecule has 1 aliphatic heterocycles. The Morgan fingerprint density at radius 3 is 2.58 bits per heavy atom. The highest BCUT2D eigenvalue weighted by molar-refractivity contribution is 8.14. The van der Waals surface area contributed by atoms with Crippen molar-refractivity contribution < 1.29 is 13.2 Å². The number of anilines is 1. The number of hydrogen-bond acceptors (Lipinski definition) is 3. The smallest absolute Gasteiger partial charge is 0.335 e. The van der Waals surface area contributed by atoms with Crippen LogP contribution in [-0.2, 0) is 6.18 Å². The molecule has 1 aromatic carbocycles. The van der Waals surface area contributed by atoms with Crippen molar-refractivity contribution in [1.29, 1.82) is 0 Å². The lowest BCUT2D eigenvalue weighted by atomic mass is 10.2. The fourth-order valence-electron chi connectivity index (χ4n) is 1.79. The van der Waals surface area contributed by atoms with Crippen molar-refractivity contribution in [1.82, 2.24) is 0 Å². The van der Waals surface area contributed by atoms with Crippen LogP contribution in [0.15, 0.2) is 29.3 Å². The zero-order valence-electron chi connectivity index (χ0n) is 10.5. The van der Waals surface area contributed by atoms with Gasteiger partial charge in [0.05, 0.1) is 11.6 Å². The minimum atomic E-state index is -4.29. The molecule has 0 aromatic heterocycles. The molecule has 1 aliphatic rings. The van der Waals surface area contributed by atoms with E-state index in [-0.39, 0.29) is 0 Å². The number of nitrogens with zero attached hydrogens (tertiary/aromatic N) is 1. The molecule has 0 amide bonds. The molecule has 0 radical (unpaired) electrons. The van der Waals surface area contributed by atoms with Crippen molar-refractivity contribution in [2.45, 2.75) is 32.0 Å². The summed E-state index contributed by atoms with van der Waals surface area (Å²) in [6, 6.07) is 5.34. The van der Waals surface area contributed by atoms with E-state index in [4.69, 9.17) is 0 Å². The van der Waals surface area contributed by atoms with Gasteiger partial charge in [-0.1, -0.05) is 18.7 Å². The van der Waals surface area contributed by atoms with E-state index < -0.39 is 11.7 Å². The van der Waals surface area contributed by atoms with Crippen LogP contribution in [0.3, 0.4) is 0 Å². The normalized spacial score (nSPS) is 20.0. The first kappa shape index (κ1) is 14.2. The molecule has 1 unspecified atom stereocenters. The van der Waals surface area contributed by atoms with Crippen LogP contribution >= 0.6 is 11.8 Å². The second kappa shape index (κ2) is 5.86. The van der Waals surface area contributed by atoms with Crippen molar-refractivity contribution in [3.63, 3.8) is 0 Å². The Morgan fingerprint density at radius 2 is 2.00 bits per heavy atom. The number of alkyl halides is 3. The summed E-state index contributed by atoms with van der Waals surface area (Å²) in [7, 11) is 0. The quantitative estimate of drug-likeness (QED) is 0.873. The summed E-state index contributed by atoms with van der Waals surface area (Å²) >= 11 is 1.60. The molecule has 0 spiro atoms. The number of amidine groups is 1. The summed E-state index contributed by atoms with van der Waals surface area (Å²) < 4.78 is 37.3. The molecule has 1 N–H and O–H groups in total. The maximum atomic E-state index is 12.4. The zero-order valence-corrected chi connectivity index (χ0v) is 11.3. The average Bonchev–Trinajstić information content (AvgIpc) is 2.38. The molecule has 1 atom stereocenters. The van der Waals surface area contributed by atoms with Crippen molar-refractivity contribution >= 4 is 22.6 Å². The number of hydrogen-bond donors (Lipinski definition) is 1. The molecule has 0 saturated carbocycles. The molecule has 0 saturated heterocycles. The molecule has 6 heteroatoms. The molecular weight excluding hydrogens is 273 g/mol. The van der Waals surface area contributed by atoms with E-state index in [1.54, 1.807) is 11.8 Å². The number of thioether (sulfide) groups is 1. The van der Waals surface area contributed by atoms with E-state index in [1.165, 1.54) is 12.1 Å². The molecule has 2 rings (SSSR count). The van der Waals surface area contributed by atoms with Gasteiger partial charge in [0, 0.05) is 11.4 Å². The molecule has 2 nitrogen and oxygen atoms in total. The SMILES string of the molecule is CCC1CCSC(Nc2ccc(C(F)(F)F)cc2)=N1. The van der Waals surface area contributed by atoms with Gasteiger partial charge in [-0.15, -0.1) is 0 Å². The lowest BCUT2D eigenvalue weighted by Crippen LogP contribution is -2.19. The number of benzene rings is 1. The number of nitrogens with one attached hydrogen (secondary N) is 1. The van der Waals surface area contributed by atoms with Crippen LogP contribution in [0.1, 0.15) is 25.3 Å². The van der Waals surface area contributed by atoms with Crippen LogP contribution in [0.5, 0.6) is 0 Å².